The Morgan fingerprint density at radius 1 is 1.17 bits per heavy atom. The predicted octanol–water partition coefficient (Wildman–Crippen LogP) is -0.863. The van der Waals surface area contributed by atoms with Crippen molar-refractivity contribution in [1.29, 1.82) is 0 Å². The van der Waals surface area contributed by atoms with Crippen molar-refractivity contribution in [1.82, 2.24) is 15.3 Å². The molecule has 1 N–H and O–H groups in total. The predicted molar refractivity (Wildman–Crippen MR) is 46.8 cm³/mol. The molecule has 12 heavy (non-hydrogen) atoms. The molecule has 0 amide bonds. The van der Waals surface area contributed by atoms with Gasteiger partial charge in [0.15, 0.2) is 0 Å². The van der Waals surface area contributed by atoms with Crippen LogP contribution in [0, 0.1) is 0 Å². The van der Waals surface area contributed by atoms with Crippen molar-refractivity contribution in [2.45, 2.75) is 6.04 Å². The summed E-state index contributed by atoms with van der Waals surface area (Å²) in [4.78, 5) is 2.53. The van der Waals surface area contributed by atoms with Crippen LogP contribution in [-0.2, 0) is 4.74 Å². The highest BCUT2D eigenvalue weighted by Gasteiger charge is 2.28. The molecule has 2 heterocycles. The first-order valence-corrected chi connectivity index (χ1v) is 4.64. The molecule has 0 atom stereocenters. The highest BCUT2D eigenvalue weighted by molar-refractivity contribution is 4.81. The molecule has 0 aromatic rings. The molecule has 0 aromatic heterocycles. The fourth-order valence-corrected chi connectivity index (χ4v) is 1.74. The zero-order valence-corrected chi connectivity index (χ0v) is 7.62. The lowest BCUT2D eigenvalue weighted by molar-refractivity contribution is -0.0799. The summed E-state index contributed by atoms with van der Waals surface area (Å²) in [5.41, 5.74) is 3.17. The fourth-order valence-electron chi connectivity index (χ4n) is 1.74. The molecule has 2 rings (SSSR count). The average Bonchev–Trinajstić information content (AvgIpc) is 2.03. The first-order chi connectivity index (χ1) is 5.90. The third kappa shape index (κ3) is 1.61. The van der Waals surface area contributed by atoms with Gasteiger partial charge in [-0.05, 0) is 7.05 Å². The van der Waals surface area contributed by atoms with E-state index >= 15 is 0 Å². The number of ether oxygens (including phenoxy) is 1. The van der Waals surface area contributed by atoms with Gasteiger partial charge in [0, 0.05) is 26.2 Å². The molecule has 4 heteroatoms. The van der Waals surface area contributed by atoms with Crippen LogP contribution >= 0.6 is 0 Å². The highest BCUT2D eigenvalue weighted by atomic mass is 16.5. The van der Waals surface area contributed by atoms with Gasteiger partial charge in [0.05, 0.1) is 19.3 Å². The largest absolute Gasteiger partial charge is 0.378 e. The molecular weight excluding hydrogens is 154 g/mol. The van der Waals surface area contributed by atoms with Crippen molar-refractivity contribution in [2.75, 3.05) is 46.4 Å². The second-order valence-electron chi connectivity index (χ2n) is 3.44. The zero-order valence-electron chi connectivity index (χ0n) is 7.62. The van der Waals surface area contributed by atoms with Crippen LogP contribution in [0.3, 0.4) is 0 Å². The van der Waals surface area contributed by atoms with E-state index in [1.54, 1.807) is 0 Å². The minimum absolute atomic E-state index is 0.712. The first kappa shape index (κ1) is 8.44. The number of hydrogen-bond donors (Lipinski definition) is 1. The number of nitrogens with zero attached hydrogens (tertiary/aromatic N) is 2. The van der Waals surface area contributed by atoms with Gasteiger partial charge in [-0.15, -0.1) is 0 Å². The second-order valence-corrected chi connectivity index (χ2v) is 3.44. The Balaban J connectivity index is 1.74. The molecule has 0 saturated carbocycles. The van der Waals surface area contributed by atoms with Crippen molar-refractivity contribution >= 4 is 0 Å². The number of hydrogen-bond acceptors (Lipinski definition) is 4. The van der Waals surface area contributed by atoms with Crippen molar-refractivity contribution in [3.05, 3.63) is 0 Å². The second kappa shape index (κ2) is 3.70. The molecule has 2 saturated heterocycles. The van der Waals surface area contributed by atoms with Gasteiger partial charge in [-0.1, -0.05) is 0 Å². The monoisotopic (exact) mass is 171 g/mol. The molecule has 70 valence electrons. The van der Waals surface area contributed by atoms with Crippen LogP contribution in [0.15, 0.2) is 0 Å². The summed E-state index contributed by atoms with van der Waals surface area (Å²) < 4.78 is 5.17. The quantitative estimate of drug-likeness (QED) is 0.585. The number of rotatable bonds is 2. The van der Waals surface area contributed by atoms with Crippen molar-refractivity contribution in [3.63, 3.8) is 0 Å². The summed E-state index contributed by atoms with van der Waals surface area (Å²) in [6.45, 7) is 6.50. The number of nitrogens with one attached hydrogen (secondary N) is 1. The van der Waals surface area contributed by atoms with Crippen LogP contribution in [-0.4, -0.2) is 62.4 Å². The lowest BCUT2D eigenvalue weighted by Gasteiger charge is -2.42. The van der Waals surface area contributed by atoms with E-state index in [0.29, 0.717) is 6.04 Å². The number of piperazine rings is 1. The molecule has 0 aromatic carbocycles. The van der Waals surface area contributed by atoms with Crippen LogP contribution in [0.25, 0.3) is 0 Å². The Labute approximate surface area is 73.4 Å². The summed E-state index contributed by atoms with van der Waals surface area (Å²) in [6.07, 6.45) is 0. The van der Waals surface area contributed by atoms with Gasteiger partial charge < -0.3 is 4.74 Å². The maximum Gasteiger partial charge on any atom is 0.0645 e. The molecule has 0 bridgehead atoms. The molecule has 0 spiro atoms. The fraction of sp³-hybridized carbons (Fsp3) is 1.00. The van der Waals surface area contributed by atoms with E-state index in [9.17, 15) is 0 Å². The molecule has 0 unspecified atom stereocenters. The normalized spacial score (nSPS) is 28.8. The third-order valence-electron chi connectivity index (χ3n) is 2.77. The molecule has 2 fully saturated rings. The van der Waals surface area contributed by atoms with E-state index < -0.39 is 0 Å². The topological polar surface area (TPSA) is 27.7 Å². The summed E-state index contributed by atoms with van der Waals surface area (Å²) in [7, 11) is 1.99. The maximum absolute atomic E-state index is 5.17. The van der Waals surface area contributed by atoms with Gasteiger partial charge in [0.1, 0.15) is 0 Å². The molecule has 4 nitrogen and oxygen atoms in total. The zero-order chi connectivity index (χ0) is 8.39. The molecular formula is C8H17N3O. The summed E-state index contributed by atoms with van der Waals surface area (Å²) >= 11 is 0. The van der Waals surface area contributed by atoms with Gasteiger partial charge in [-0.25, -0.2) is 5.01 Å². The lowest BCUT2D eigenvalue weighted by atomic mass is 10.2. The Bertz CT molecular complexity index is 141. The van der Waals surface area contributed by atoms with E-state index in [0.717, 1.165) is 26.3 Å². The van der Waals surface area contributed by atoms with Crippen LogP contribution < -0.4 is 5.43 Å². The van der Waals surface area contributed by atoms with E-state index in [4.69, 9.17) is 4.74 Å². The minimum atomic E-state index is 0.712. The lowest BCUT2D eigenvalue weighted by Crippen LogP contribution is -2.58. The molecule has 0 radical (unpaired) electrons. The summed E-state index contributed by atoms with van der Waals surface area (Å²) in [5, 5.41) is 2.26. The summed E-state index contributed by atoms with van der Waals surface area (Å²) in [6, 6.07) is 0.712. The highest BCUT2D eigenvalue weighted by Crippen LogP contribution is 2.12. The Hall–Kier alpha value is -0.160. The SMILES string of the molecule is CNN1CCN(C2COC2)CC1. The average molecular weight is 171 g/mol. The van der Waals surface area contributed by atoms with Gasteiger partial charge in [-0.2, -0.15) is 0 Å². The van der Waals surface area contributed by atoms with E-state index in [-0.39, 0.29) is 0 Å². The third-order valence-corrected chi connectivity index (χ3v) is 2.77. The minimum Gasteiger partial charge on any atom is -0.378 e. The van der Waals surface area contributed by atoms with Crippen molar-refractivity contribution < 1.29 is 4.74 Å². The molecule has 0 aliphatic carbocycles. The smallest absolute Gasteiger partial charge is 0.0645 e. The van der Waals surface area contributed by atoms with Gasteiger partial charge in [0.2, 0.25) is 0 Å². The summed E-state index contributed by atoms with van der Waals surface area (Å²) in [5.74, 6) is 0. The van der Waals surface area contributed by atoms with Crippen LogP contribution in [0.1, 0.15) is 0 Å². The Kier molecular flexibility index (Phi) is 2.60. The van der Waals surface area contributed by atoms with E-state index in [1.807, 2.05) is 7.05 Å². The van der Waals surface area contributed by atoms with Crippen LogP contribution in [0.2, 0.25) is 0 Å². The van der Waals surface area contributed by atoms with Gasteiger partial charge >= 0.3 is 0 Å². The Morgan fingerprint density at radius 2 is 1.83 bits per heavy atom. The van der Waals surface area contributed by atoms with E-state index in [2.05, 4.69) is 15.3 Å². The van der Waals surface area contributed by atoms with E-state index in [1.165, 1.54) is 13.1 Å². The standard InChI is InChI=1S/C8H17N3O/c1-9-11-4-2-10(3-5-11)8-6-12-7-8/h8-9H,2-7H2,1H3. The van der Waals surface area contributed by atoms with Gasteiger partial charge in [0.25, 0.3) is 0 Å². The van der Waals surface area contributed by atoms with Crippen molar-refractivity contribution in [3.8, 4) is 0 Å². The van der Waals surface area contributed by atoms with Gasteiger partial charge in [-0.3, -0.25) is 10.3 Å². The van der Waals surface area contributed by atoms with Crippen LogP contribution in [0.4, 0.5) is 0 Å². The number of hydrazine groups is 1. The maximum atomic E-state index is 5.17. The Morgan fingerprint density at radius 3 is 2.25 bits per heavy atom. The molecule has 2 aliphatic heterocycles. The molecule has 2 aliphatic rings. The van der Waals surface area contributed by atoms with Crippen LogP contribution in [0.5, 0.6) is 0 Å². The first-order valence-electron chi connectivity index (χ1n) is 4.64. The van der Waals surface area contributed by atoms with Crippen molar-refractivity contribution in [2.24, 2.45) is 0 Å².